The summed E-state index contributed by atoms with van der Waals surface area (Å²) in [6.07, 6.45) is 0. The maximum atomic E-state index is 2.69. The Morgan fingerprint density at radius 2 is 0.662 bits per heavy atom. The van der Waals surface area contributed by atoms with Crippen molar-refractivity contribution in [1.29, 1.82) is 0 Å². The lowest BCUT2D eigenvalue weighted by Gasteiger charge is -2.36. The van der Waals surface area contributed by atoms with Crippen molar-refractivity contribution in [2.45, 2.75) is 63.2 Å². The molecule has 0 amide bonds. The summed E-state index contributed by atoms with van der Waals surface area (Å²) in [6.45, 7) is 14.6. The summed E-state index contributed by atoms with van der Waals surface area (Å²) in [4.78, 5) is 2.69. The molecule has 0 heterocycles. The molecule has 10 aromatic rings. The minimum Gasteiger partial charge on any atom is -0.309 e. The van der Waals surface area contributed by atoms with Crippen LogP contribution in [0.1, 0.15) is 97.2 Å². The SMILES string of the molecule is CC1(C)c2ccccc2-c2ccc(N(c3ccc4c(c3)C(c3ccccc3)(c3ccccc3)c3ccccc3-4)c3c4c(cc5c3-c3ccc(-c6ccccc6)cc3C5(C)C)C(C)(C)c3ccccc3-4)cc21. The zero-order chi connectivity index (χ0) is 48.0. The number of hydrogen-bond donors (Lipinski definition) is 0. The minimum atomic E-state index is -0.560. The number of rotatable bonds is 6. The molecule has 1 nitrogen and oxygen atoms in total. The Balaban J connectivity index is 1.12. The van der Waals surface area contributed by atoms with Crippen LogP contribution >= 0.6 is 0 Å². The fourth-order valence-corrected chi connectivity index (χ4v) is 13.9. The van der Waals surface area contributed by atoms with E-state index in [1.54, 1.807) is 0 Å². The van der Waals surface area contributed by atoms with Crippen molar-refractivity contribution in [2.75, 3.05) is 4.90 Å². The number of nitrogens with zero attached hydrogens (tertiary/aromatic N) is 1. The van der Waals surface area contributed by atoms with E-state index in [2.05, 4.69) is 271 Å². The van der Waals surface area contributed by atoms with Crippen LogP contribution in [0.2, 0.25) is 0 Å². The molecule has 1 heteroatoms. The Bertz CT molecular complexity index is 3790. The first-order valence-electron chi connectivity index (χ1n) is 25.4. The van der Waals surface area contributed by atoms with E-state index < -0.39 is 5.41 Å². The van der Waals surface area contributed by atoms with Crippen LogP contribution in [-0.2, 0) is 21.7 Å². The van der Waals surface area contributed by atoms with Crippen LogP contribution in [0.4, 0.5) is 17.1 Å². The molecule has 0 atom stereocenters. The lowest BCUT2D eigenvalue weighted by atomic mass is 9.67. The second-order valence-electron chi connectivity index (χ2n) is 22.0. The van der Waals surface area contributed by atoms with Crippen LogP contribution in [0.5, 0.6) is 0 Å². The Morgan fingerprint density at radius 1 is 0.268 bits per heavy atom. The molecular formula is C70H55N. The molecule has 71 heavy (non-hydrogen) atoms. The number of fused-ring (bicyclic) bond motifs is 12. The van der Waals surface area contributed by atoms with Gasteiger partial charge >= 0.3 is 0 Å². The van der Waals surface area contributed by atoms with Crippen molar-refractivity contribution in [3.8, 4) is 55.6 Å². The molecule has 0 spiro atoms. The van der Waals surface area contributed by atoms with Gasteiger partial charge in [-0.15, -0.1) is 0 Å². The molecule has 14 rings (SSSR count). The fourth-order valence-electron chi connectivity index (χ4n) is 13.9. The van der Waals surface area contributed by atoms with E-state index in [9.17, 15) is 0 Å². The van der Waals surface area contributed by atoms with Gasteiger partial charge in [-0.05, 0) is 130 Å². The summed E-state index contributed by atoms with van der Waals surface area (Å²) in [5.74, 6) is 0. The lowest BCUT2D eigenvalue weighted by Crippen LogP contribution is -2.28. The van der Waals surface area contributed by atoms with Crippen LogP contribution in [0.15, 0.2) is 224 Å². The zero-order valence-electron chi connectivity index (χ0n) is 41.3. The average Bonchev–Trinajstić information content (AvgIpc) is 4.01. The molecule has 0 radical (unpaired) electrons. The number of benzene rings is 10. The van der Waals surface area contributed by atoms with E-state index in [4.69, 9.17) is 0 Å². The molecule has 0 fully saturated rings. The molecule has 0 N–H and O–H groups in total. The topological polar surface area (TPSA) is 3.24 Å². The Kier molecular flexibility index (Phi) is 8.72. The standard InChI is InChI=1S/C70H55N/c1-67(2)56-31-19-16-28-50(56)52-38-35-48(41-60(52)67)71(49-36-39-53-51-29-17-21-33-58(51)70(61(53)42-49,46-24-12-8-13-25-46)47-26-14-9-15-27-47)66-64-54-30-18-20-32-57(54)68(3,4)62(64)43-63-65(66)55-37-34-45(40-59(55)69(63,5)6)44-22-10-7-11-23-44/h7-43H,1-6H3. The smallest absolute Gasteiger partial charge is 0.0714 e. The molecule has 0 saturated carbocycles. The third-order valence-electron chi connectivity index (χ3n) is 17.3. The van der Waals surface area contributed by atoms with Gasteiger partial charge in [0.25, 0.3) is 0 Å². The Hall–Kier alpha value is -8.00. The zero-order valence-corrected chi connectivity index (χ0v) is 41.3. The molecule has 340 valence electrons. The molecule has 0 saturated heterocycles. The first-order valence-corrected chi connectivity index (χ1v) is 25.4. The van der Waals surface area contributed by atoms with Gasteiger partial charge in [-0.2, -0.15) is 0 Å². The molecule has 0 unspecified atom stereocenters. The molecule has 10 aromatic carbocycles. The van der Waals surface area contributed by atoms with E-state index >= 15 is 0 Å². The summed E-state index contributed by atoms with van der Waals surface area (Å²) >= 11 is 0. The Labute approximate surface area is 418 Å². The molecule has 0 bridgehead atoms. The van der Waals surface area contributed by atoms with E-state index in [1.165, 1.54) is 117 Å². The monoisotopic (exact) mass is 909 g/mol. The molecule has 0 aromatic heterocycles. The highest BCUT2D eigenvalue weighted by molar-refractivity contribution is 6.07. The summed E-state index contributed by atoms with van der Waals surface area (Å²) in [6, 6.07) is 85.4. The predicted octanol–water partition coefficient (Wildman–Crippen LogP) is 18.1. The van der Waals surface area contributed by atoms with Crippen LogP contribution in [0, 0.1) is 0 Å². The summed E-state index contributed by atoms with van der Waals surface area (Å²) in [7, 11) is 0. The van der Waals surface area contributed by atoms with Crippen LogP contribution in [0.25, 0.3) is 55.6 Å². The normalized spacial score (nSPS) is 15.9. The summed E-state index contributed by atoms with van der Waals surface area (Å²) in [5.41, 5.74) is 28.6. The largest absolute Gasteiger partial charge is 0.309 e. The summed E-state index contributed by atoms with van der Waals surface area (Å²) < 4.78 is 0. The highest BCUT2D eigenvalue weighted by atomic mass is 15.2. The average molecular weight is 910 g/mol. The van der Waals surface area contributed by atoms with Crippen LogP contribution < -0.4 is 4.90 Å². The predicted molar refractivity (Wildman–Crippen MR) is 297 cm³/mol. The Morgan fingerprint density at radius 3 is 1.27 bits per heavy atom. The van der Waals surface area contributed by atoms with E-state index in [0.717, 1.165) is 11.4 Å². The maximum Gasteiger partial charge on any atom is 0.0714 e. The summed E-state index contributed by atoms with van der Waals surface area (Å²) in [5, 5.41) is 0. The van der Waals surface area contributed by atoms with E-state index in [0.29, 0.717) is 0 Å². The van der Waals surface area contributed by atoms with Gasteiger partial charge in [-0.1, -0.05) is 236 Å². The van der Waals surface area contributed by atoms with E-state index in [1.807, 2.05) is 0 Å². The van der Waals surface area contributed by atoms with Crippen molar-refractivity contribution in [3.05, 3.63) is 280 Å². The third kappa shape index (κ3) is 5.58. The van der Waals surface area contributed by atoms with Gasteiger partial charge in [-0.3, -0.25) is 0 Å². The van der Waals surface area contributed by atoms with Crippen molar-refractivity contribution in [1.82, 2.24) is 0 Å². The van der Waals surface area contributed by atoms with Crippen molar-refractivity contribution in [3.63, 3.8) is 0 Å². The molecule has 4 aliphatic rings. The second-order valence-corrected chi connectivity index (χ2v) is 22.0. The first-order chi connectivity index (χ1) is 34.5. The molecular weight excluding hydrogens is 855 g/mol. The van der Waals surface area contributed by atoms with Crippen molar-refractivity contribution in [2.24, 2.45) is 0 Å². The van der Waals surface area contributed by atoms with Crippen LogP contribution in [0.3, 0.4) is 0 Å². The number of hydrogen-bond acceptors (Lipinski definition) is 1. The van der Waals surface area contributed by atoms with Gasteiger partial charge in [0, 0.05) is 38.7 Å². The first kappa shape index (κ1) is 41.9. The number of anilines is 3. The molecule has 4 aliphatic carbocycles. The van der Waals surface area contributed by atoms with E-state index in [-0.39, 0.29) is 16.2 Å². The van der Waals surface area contributed by atoms with Gasteiger partial charge < -0.3 is 4.90 Å². The molecule has 0 aliphatic heterocycles. The third-order valence-corrected chi connectivity index (χ3v) is 17.3. The minimum absolute atomic E-state index is 0.194. The fraction of sp³-hybridized carbons (Fsp3) is 0.143. The highest BCUT2D eigenvalue weighted by Gasteiger charge is 2.49. The lowest BCUT2D eigenvalue weighted by molar-refractivity contribution is 0.639. The quantitative estimate of drug-likeness (QED) is 0.161. The van der Waals surface area contributed by atoms with Crippen molar-refractivity contribution >= 4 is 17.1 Å². The maximum absolute atomic E-state index is 2.69. The van der Waals surface area contributed by atoms with Gasteiger partial charge in [0.2, 0.25) is 0 Å². The van der Waals surface area contributed by atoms with Crippen LogP contribution in [-0.4, -0.2) is 0 Å². The van der Waals surface area contributed by atoms with Gasteiger partial charge in [0.15, 0.2) is 0 Å². The van der Waals surface area contributed by atoms with Gasteiger partial charge in [0.1, 0.15) is 0 Å². The van der Waals surface area contributed by atoms with Gasteiger partial charge in [0.05, 0.1) is 11.1 Å². The van der Waals surface area contributed by atoms with Gasteiger partial charge in [-0.25, -0.2) is 0 Å². The second kappa shape index (κ2) is 14.8. The van der Waals surface area contributed by atoms with Crippen molar-refractivity contribution < 1.29 is 0 Å². The highest BCUT2D eigenvalue weighted by Crippen LogP contribution is 2.65.